The van der Waals surface area contributed by atoms with Crippen LogP contribution in [-0.2, 0) is 4.79 Å². The molecule has 2 saturated heterocycles. The van der Waals surface area contributed by atoms with E-state index in [0.29, 0.717) is 12.0 Å². The van der Waals surface area contributed by atoms with Crippen LogP contribution < -0.4 is 10.6 Å². The van der Waals surface area contributed by atoms with Gasteiger partial charge < -0.3 is 15.5 Å². The number of hydrogen-bond donors (Lipinski definition) is 2. The highest BCUT2D eigenvalue weighted by Crippen LogP contribution is 2.29. The van der Waals surface area contributed by atoms with Crippen molar-refractivity contribution in [1.29, 1.82) is 0 Å². The highest BCUT2D eigenvalue weighted by atomic mass is 16.1. The minimum Gasteiger partial charge on any atom is -0.353 e. The van der Waals surface area contributed by atoms with Gasteiger partial charge in [-0.1, -0.05) is 0 Å². The maximum atomic E-state index is 11.8. The number of piperidine rings is 1. The molecule has 4 heteroatoms. The average molecular weight is 237 g/mol. The van der Waals surface area contributed by atoms with Crippen molar-refractivity contribution in [2.75, 3.05) is 26.2 Å². The summed E-state index contributed by atoms with van der Waals surface area (Å²) in [5.74, 6) is 0.850. The number of amides is 1. The maximum Gasteiger partial charge on any atom is 0.220 e. The molecule has 17 heavy (non-hydrogen) atoms. The summed E-state index contributed by atoms with van der Waals surface area (Å²) in [5, 5.41) is 6.41. The molecule has 0 aromatic heterocycles. The molecule has 0 atom stereocenters. The summed E-state index contributed by atoms with van der Waals surface area (Å²) in [7, 11) is 0. The van der Waals surface area contributed by atoms with Crippen LogP contribution in [0.5, 0.6) is 0 Å². The molecule has 1 aliphatic carbocycles. The van der Waals surface area contributed by atoms with E-state index in [4.69, 9.17) is 0 Å². The molecule has 0 aromatic carbocycles. The van der Waals surface area contributed by atoms with Crippen molar-refractivity contribution in [2.24, 2.45) is 5.92 Å². The molecule has 1 saturated carbocycles. The molecular formula is C13H23N3O. The van der Waals surface area contributed by atoms with Gasteiger partial charge in [0.25, 0.3) is 0 Å². The topological polar surface area (TPSA) is 44.4 Å². The lowest BCUT2D eigenvalue weighted by Gasteiger charge is -2.33. The van der Waals surface area contributed by atoms with E-state index in [-0.39, 0.29) is 5.91 Å². The lowest BCUT2D eigenvalue weighted by molar-refractivity contribution is -0.123. The molecule has 2 heterocycles. The average Bonchev–Trinajstić information content (AvgIpc) is 3.09. The highest BCUT2D eigenvalue weighted by molar-refractivity contribution is 5.76. The van der Waals surface area contributed by atoms with Gasteiger partial charge in [-0.15, -0.1) is 0 Å². The van der Waals surface area contributed by atoms with Crippen LogP contribution >= 0.6 is 0 Å². The molecule has 2 aliphatic heterocycles. The summed E-state index contributed by atoms with van der Waals surface area (Å²) >= 11 is 0. The first-order valence-electron chi connectivity index (χ1n) is 7.05. The number of carbonyl (C=O) groups is 1. The summed E-state index contributed by atoms with van der Waals surface area (Å²) < 4.78 is 0. The van der Waals surface area contributed by atoms with E-state index in [0.717, 1.165) is 38.4 Å². The molecule has 96 valence electrons. The Morgan fingerprint density at radius 1 is 1.18 bits per heavy atom. The Balaban J connectivity index is 1.35. The van der Waals surface area contributed by atoms with Crippen molar-refractivity contribution in [3.05, 3.63) is 0 Å². The summed E-state index contributed by atoms with van der Waals surface area (Å²) in [6, 6.07) is 1.32. The monoisotopic (exact) mass is 237 g/mol. The minimum atomic E-state index is 0.265. The number of nitrogens with one attached hydrogen (secondary N) is 2. The van der Waals surface area contributed by atoms with Crippen molar-refractivity contribution < 1.29 is 4.79 Å². The largest absolute Gasteiger partial charge is 0.353 e. The summed E-state index contributed by atoms with van der Waals surface area (Å²) in [6.07, 6.45) is 5.80. The first-order chi connectivity index (χ1) is 8.31. The molecule has 4 nitrogen and oxygen atoms in total. The van der Waals surface area contributed by atoms with Crippen LogP contribution in [-0.4, -0.2) is 49.1 Å². The van der Waals surface area contributed by atoms with Crippen LogP contribution in [0.25, 0.3) is 0 Å². The van der Waals surface area contributed by atoms with Gasteiger partial charge in [0.2, 0.25) is 5.91 Å². The lowest BCUT2D eigenvalue weighted by atomic mass is 9.98. The van der Waals surface area contributed by atoms with E-state index in [9.17, 15) is 4.79 Å². The zero-order chi connectivity index (χ0) is 11.7. The summed E-state index contributed by atoms with van der Waals surface area (Å²) in [6.45, 7) is 4.41. The van der Waals surface area contributed by atoms with Gasteiger partial charge in [-0.05, 0) is 44.7 Å². The van der Waals surface area contributed by atoms with Gasteiger partial charge >= 0.3 is 0 Å². The molecule has 0 aromatic rings. The number of nitrogens with zero attached hydrogens (tertiary/aromatic N) is 1. The van der Waals surface area contributed by atoms with Gasteiger partial charge in [0, 0.05) is 31.6 Å². The molecule has 1 amide bonds. The van der Waals surface area contributed by atoms with E-state index in [2.05, 4.69) is 15.5 Å². The SMILES string of the molecule is O=C(CC1CNC1)NC1CCN(C2CC2)CC1. The van der Waals surface area contributed by atoms with E-state index in [1.807, 2.05) is 0 Å². The van der Waals surface area contributed by atoms with Gasteiger partial charge in [0.05, 0.1) is 0 Å². The number of hydrogen-bond acceptors (Lipinski definition) is 3. The zero-order valence-corrected chi connectivity index (χ0v) is 10.5. The zero-order valence-electron chi connectivity index (χ0n) is 10.5. The van der Waals surface area contributed by atoms with E-state index < -0.39 is 0 Å². The third-order valence-corrected chi connectivity index (χ3v) is 4.30. The number of carbonyl (C=O) groups excluding carboxylic acids is 1. The standard InChI is InChI=1S/C13H23N3O/c17-13(7-10-8-14-9-10)15-11-3-5-16(6-4-11)12-1-2-12/h10-12,14H,1-9H2,(H,15,17). The smallest absolute Gasteiger partial charge is 0.220 e. The Morgan fingerprint density at radius 2 is 1.88 bits per heavy atom. The van der Waals surface area contributed by atoms with Crippen molar-refractivity contribution in [2.45, 2.75) is 44.2 Å². The van der Waals surface area contributed by atoms with Gasteiger partial charge in [-0.25, -0.2) is 0 Å². The lowest BCUT2D eigenvalue weighted by Crippen LogP contribution is -2.48. The number of rotatable bonds is 4. The fourth-order valence-corrected chi connectivity index (χ4v) is 2.89. The van der Waals surface area contributed by atoms with Crippen molar-refractivity contribution >= 4 is 5.91 Å². The third kappa shape index (κ3) is 2.99. The van der Waals surface area contributed by atoms with Crippen LogP contribution in [0.15, 0.2) is 0 Å². The molecule has 0 spiro atoms. The van der Waals surface area contributed by atoms with Crippen LogP contribution in [0, 0.1) is 5.92 Å². The predicted molar refractivity (Wildman–Crippen MR) is 66.7 cm³/mol. The van der Waals surface area contributed by atoms with Crippen LogP contribution in [0.1, 0.15) is 32.1 Å². The van der Waals surface area contributed by atoms with Gasteiger partial charge in [0.1, 0.15) is 0 Å². The third-order valence-electron chi connectivity index (χ3n) is 4.30. The Bertz CT molecular complexity index is 278. The van der Waals surface area contributed by atoms with Gasteiger partial charge in [-0.3, -0.25) is 4.79 Å². The molecule has 3 rings (SSSR count). The molecule has 2 N–H and O–H groups in total. The Kier molecular flexibility index (Phi) is 3.34. The molecule has 0 radical (unpaired) electrons. The first kappa shape index (κ1) is 11.5. The fraction of sp³-hybridized carbons (Fsp3) is 0.923. The second-order valence-electron chi connectivity index (χ2n) is 5.84. The first-order valence-corrected chi connectivity index (χ1v) is 7.05. The Hall–Kier alpha value is -0.610. The van der Waals surface area contributed by atoms with Crippen LogP contribution in [0.2, 0.25) is 0 Å². The minimum absolute atomic E-state index is 0.265. The Labute approximate surface area is 103 Å². The van der Waals surface area contributed by atoms with E-state index in [1.165, 1.54) is 25.9 Å². The van der Waals surface area contributed by atoms with E-state index in [1.54, 1.807) is 0 Å². The Morgan fingerprint density at radius 3 is 2.41 bits per heavy atom. The normalized spacial score (nSPS) is 27.8. The summed E-state index contributed by atoms with van der Waals surface area (Å²) in [4.78, 5) is 14.4. The maximum absolute atomic E-state index is 11.8. The summed E-state index contributed by atoms with van der Waals surface area (Å²) in [5.41, 5.74) is 0. The van der Waals surface area contributed by atoms with Crippen molar-refractivity contribution in [3.8, 4) is 0 Å². The second kappa shape index (κ2) is 4.94. The van der Waals surface area contributed by atoms with Crippen LogP contribution in [0.3, 0.4) is 0 Å². The van der Waals surface area contributed by atoms with Crippen molar-refractivity contribution in [1.82, 2.24) is 15.5 Å². The molecule has 3 aliphatic rings. The molecule has 0 bridgehead atoms. The predicted octanol–water partition coefficient (Wildman–Crippen LogP) is 0.339. The molecule has 0 unspecified atom stereocenters. The highest BCUT2D eigenvalue weighted by Gasteiger charge is 2.32. The van der Waals surface area contributed by atoms with Crippen molar-refractivity contribution in [3.63, 3.8) is 0 Å². The number of likely N-dealkylation sites (tertiary alicyclic amines) is 1. The van der Waals surface area contributed by atoms with Gasteiger partial charge in [-0.2, -0.15) is 0 Å². The second-order valence-corrected chi connectivity index (χ2v) is 5.84. The fourth-order valence-electron chi connectivity index (χ4n) is 2.89. The quantitative estimate of drug-likeness (QED) is 0.741. The van der Waals surface area contributed by atoms with E-state index >= 15 is 0 Å². The van der Waals surface area contributed by atoms with Crippen LogP contribution in [0.4, 0.5) is 0 Å². The molecular weight excluding hydrogens is 214 g/mol. The van der Waals surface area contributed by atoms with Gasteiger partial charge in [0.15, 0.2) is 0 Å². The molecule has 3 fully saturated rings.